The fourth-order valence-electron chi connectivity index (χ4n) is 4.50. The van der Waals surface area contributed by atoms with Crippen LogP contribution < -0.4 is 4.90 Å². The van der Waals surface area contributed by atoms with Crippen molar-refractivity contribution in [3.8, 4) is 0 Å². The lowest BCUT2D eigenvalue weighted by Gasteiger charge is -2.33. The van der Waals surface area contributed by atoms with Gasteiger partial charge in [0.15, 0.2) is 5.65 Å². The number of para-hydroxylation sites is 1. The highest BCUT2D eigenvalue weighted by atomic mass is 19.1. The van der Waals surface area contributed by atoms with Crippen molar-refractivity contribution >= 4 is 28.7 Å². The number of aromatic amines is 1. The second-order valence-corrected chi connectivity index (χ2v) is 7.85. The van der Waals surface area contributed by atoms with E-state index in [1.807, 2.05) is 4.90 Å². The molecule has 2 aliphatic heterocycles. The number of halogens is 1. The average molecular weight is 408 g/mol. The highest BCUT2D eigenvalue weighted by molar-refractivity contribution is 6.00. The first-order valence-corrected chi connectivity index (χ1v) is 10.1. The molecule has 2 fully saturated rings. The van der Waals surface area contributed by atoms with Crippen LogP contribution in [-0.4, -0.2) is 56.5 Å². The van der Waals surface area contributed by atoms with Crippen LogP contribution in [-0.2, 0) is 9.59 Å². The van der Waals surface area contributed by atoms with Gasteiger partial charge in [-0.25, -0.2) is 14.4 Å². The zero-order valence-corrected chi connectivity index (χ0v) is 16.3. The SMILES string of the molecule is O=C([C@@H]1CC(=O)N(c2ccccc2F)C1)N1CCC[C@@H](c2[nH]nc3nccnc23)C1. The Morgan fingerprint density at radius 1 is 1.17 bits per heavy atom. The normalized spacial score (nSPS) is 22.1. The number of piperidine rings is 1. The number of hydrogen-bond acceptors (Lipinski definition) is 5. The van der Waals surface area contributed by atoms with Crippen molar-refractivity contribution in [3.05, 3.63) is 48.2 Å². The Labute approximate surface area is 172 Å². The predicted octanol–water partition coefficient (Wildman–Crippen LogP) is 2.25. The minimum atomic E-state index is -0.464. The van der Waals surface area contributed by atoms with Gasteiger partial charge in [-0.1, -0.05) is 12.1 Å². The molecule has 2 aromatic heterocycles. The van der Waals surface area contributed by atoms with Crippen molar-refractivity contribution in [2.75, 3.05) is 24.5 Å². The van der Waals surface area contributed by atoms with E-state index in [0.29, 0.717) is 18.7 Å². The zero-order valence-electron chi connectivity index (χ0n) is 16.3. The van der Waals surface area contributed by atoms with Gasteiger partial charge in [0.1, 0.15) is 11.3 Å². The molecular formula is C21H21FN6O2. The van der Waals surface area contributed by atoms with Crippen LogP contribution in [0.1, 0.15) is 30.9 Å². The highest BCUT2D eigenvalue weighted by Crippen LogP contribution is 2.32. The van der Waals surface area contributed by atoms with E-state index >= 15 is 0 Å². The summed E-state index contributed by atoms with van der Waals surface area (Å²) in [5.41, 5.74) is 2.43. The molecule has 4 heterocycles. The van der Waals surface area contributed by atoms with Crippen LogP contribution in [0.2, 0.25) is 0 Å². The summed E-state index contributed by atoms with van der Waals surface area (Å²) in [6.07, 6.45) is 5.11. The number of anilines is 1. The van der Waals surface area contributed by atoms with E-state index in [1.165, 1.54) is 11.0 Å². The van der Waals surface area contributed by atoms with Crippen molar-refractivity contribution < 1.29 is 14.0 Å². The van der Waals surface area contributed by atoms with E-state index in [4.69, 9.17) is 0 Å². The summed E-state index contributed by atoms with van der Waals surface area (Å²) in [5, 5.41) is 7.25. The molecule has 30 heavy (non-hydrogen) atoms. The van der Waals surface area contributed by atoms with Crippen molar-refractivity contribution in [2.45, 2.75) is 25.2 Å². The second-order valence-electron chi connectivity index (χ2n) is 7.85. The van der Waals surface area contributed by atoms with Crippen molar-refractivity contribution in [1.82, 2.24) is 25.1 Å². The van der Waals surface area contributed by atoms with Gasteiger partial charge in [-0.3, -0.25) is 14.7 Å². The Kier molecular flexibility index (Phi) is 4.65. The minimum absolute atomic E-state index is 0.0539. The van der Waals surface area contributed by atoms with Crippen LogP contribution in [0.5, 0.6) is 0 Å². The van der Waals surface area contributed by atoms with E-state index in [0.717, 1.165) is 24.1 Å². The third-order valence-corrected chi connectivity index (χ3v) is 5.98. The van der Waals surface area contributed by atoms with Gasteiger partial charge >= 0.3 is 0 Å². The van der Waals surface area contributed by atoms with Crippen LogP contribution in [0.25, 0.3) is 11.2 Å². The molecule has 5 rings (SSSR count). The first-order chi connectivity index (χ1) is 14.6. The molecule has 3 aromatic rings. The lowest BCUT2D eigenvalue weighted by atomic mass is 9.93. The molecule has 2 amide bonds. The van der Waals surface area contributed by atoms with Crippen LogP contribution in [0.4, 0.5) is 10.1 Å². The van der Waals surface area contributed by atoms with Gasteiger partial charge in [0, 0.05) is 44.4 Å². The Balaban J connectivity index is 1.32. The number of aromatic nitrogens is 4. The van der Waals surface area contributed by atoms with Gasteiger partial charge in [-0.15, -0.1) is 0 Å². The molecule has 1 N–H and O–H groups in total. The van der Waals surface area contributed by atoms with Gasteiger partial charge in [-0.05, 0) is 25.0 Å². The quantitative estimate of drug-likeness (QED) is 0.717. The number of benzene rings is 1. The third kappa shape index (κ3) is 3.20. The molecule has 2 aliphatic rings. The summed E-state index contributed by atoms with van der Waals surface area (Å²) in [6.45, 7) is 1.40. The molecule has 0 radical (unpaired) electrons. The Bertz CT molecular complexity index is 1120. The number of carbonyl (C=O) groups is 2. The van der Waals surface area contributed by atoms with Crippen LogP contribution in [0.3, 0.4) is 0 Å². The molecule has 0 unspecified atom stereocenters. The standard InChI is InChI=1S/C21H21FN6O2/c22-15-5-1-2-6-16(15)28-12-14(10-17(28)29)21(30)27-9-3-4-13(11-27)18-19-20(26-25-18)24-8-7-23-19/h1-2,5-8,13-14H,3-4,9-12H2,(H,24,25,26)/t13-,14-/m1/s1. The van der Waals surface area contributed by atoms with E-state index in [-0.39, 0.29) is 36.4 Å². The summed E-state index contributed by atoms with van der Waals surface area (Å²) >= 11 is 0. The number of amides is 2. The molecule has 8 nitrogen and oxygen atoms in total. The van der Waals surface area contributed by atoms with Gasteiger partial charge in [-0.2, -0.15) is 5.10 Å². The Morgan fingerprint density at radius 2 is 2.00 bits per heavy atom. The van der Waals surface area contributed by atoms with Crippen molar-refractivity contribution in [2.24, 2.45) is 5.92 Å². The summed E-state index contributed by atoms with van der Waals surface area (Å²) < 4.78 is 14.1. The highest BCUT2D eigenvalue weighted by Gasteiger charge is 2.39. The topological polar surface area (TPSA) is 95.1 Å². The van der Waals surface area contributed by atoms with E-state index < -0.39 is 11.7 Å². The number of carbonyl (C=O) groups excluding carboxylic acids is 2. The van der Waals surface area contributed by atoms with Crippen LogP contribution >= 0.6 is 0 Å². The van der Waals surface area contributed by atoms with Crippen molar-refractivity contribution in [3.63, 3.8) is 0 Å². The van der Waals surface area contributed by atoms with Crippen LogP contribution in [0, 0.1) is 11.7 Å². The molecule has 0 aliphatic carbocycles. The summed E-state index contributed by atoms with van der Waals surface area (Å²) in [5.74, 6) is -1.11. The van der Waals surface area contributed by atoms with E-state index in [9.17, 15) is 14.0 Å². The molecule has 0 spiro atoms. The number of H-pyrrole nitrogens is 1. The van der Waals surface area contributed by atoms with Gasteiger partial charge < -0.3 is 9.80 Å². The first-order valence-electron chi connectivity index (χ1n) is 10.1. The maximum atomic E-state index is 14.1. The molecule has 2 saturated heterocycles. The monoisotopic (exact) mass is 408 g/mol. The Morgan fingerprint density at radius 3 is 2.87 bits per heavy atom. The molecule has 0 bridgehead atoms. The van der Waals surface area contributed by atoms with Crippen LogP contribution in [0.15, 0.2) is 36.7 Å². The number of hydrogen-bond donors (Lipinski definition) is 1. The zero-order chi connectivity index (χ0) is 20.7. The number of likely N-dealkylation sites (tertiary alicyclic amines) is 1. The first kappa shape index (κ1) is 18.7. The second kappa shape index (κ2) is 7.47. The van der Waals surface area contributed by atoms with Gasteiger partial charge in [0.2, 0.25) is 11.8 Å². The fourth-order valence-corrected chi connectivity index (χ4v) is 4.50. The fraction of sp³-hybridized carbons (Fsp3) is 0.381. The summed E-state index contributed by atoms with van der Waals surface area (Å²) in [4.78, 5) is 37.5. The minimum Gasteiger partial charge on any atom is -0.342 e. The number of rotatable bonds is 3. The molecule has 9 heteroatoms. The summed E-state index contributed by atoms with van der Waals surface area (Å²) in [6, 6.07) is 6.17. The van der Waals surface area contributed by atoms with E-state index in [2.05, 4.69) is 20.2 Å². The number of nitrogens with one attached hydrogen (secondary N) is 1. The number of nitrogens with zero attached hydrogens (tertiary/aromatic N) is 5. The van der Waals surface area contributed by atoms with Gasteiger partial charge in [0.05, 0.1) is 17.3 Å². The maximum absolute atomic E-state index is 14.1. The van der Waals surface area contributed by atoms with Crippen molar-refractivity contribution in [1.29, 1.82) is 0 Å². The lowest BCUT2D eigenvalue weighted by molar-refractivity contribution is -0.137. The molecule has 0 saturated carbocycles. The molecule has 2 atom stereocenters. The van der Waals surface area contributed by atoms with Gasteiger partial charge in [0.25, 0.3) is 0 Å². The summed E-state index contributed by atoms with van der Waals surface area (Å²) in [7, 11) is 0. The predicted molar refractivity (Wildman–Crippen MR) is 107 cm³/mol. The smallest absolute Gasteiger partial charge is 0.228 e. The molecule has 154 valence electrons. The lowest BCUT2D eigenvalue weighted by Crippen LogP contribution is -2.43. The number of fused-ring (bicyclic) bond motifs is 1. The largest absolute Gasteiger partial charge is 0.342 e. The maximum Gasteiger partial charge on any atom is 0.228 e. The average Bonchev–Trinajstić information content (AvgIpc) is 3.37. The third-order valence-electron chi connectivity index (χ3n) is 5.98. The molecular weight excluding hydrogens is 387 g/mol. The molecule has 1 aromatic carbocycles. The Hall–Kier alpha value is -3.36. The van der Waals surface area contributed by atoms with E-state index in [1.54, 1.807) is 30.6 Å².